The average Bonchev–Trinajstić information content (AvgIpc) is 3.08. The van der Waals surface area contributed by atoms with E-state index >= 15 is 0 Å². The summed E-state index contributed by atoms with van der Waals surface area (Å²) in [4.78, 5) is 6.90. The molecular formula is C11H18N4O. The Morgan fingerprint density at radius 2 is 2.12 bits per heavy atom. The molecule has 0 spiro atoms. The molecular weight excluding hydrogens is 204 g/mol. The van der Waals surface area contributed by atoms with E-state index in [0.717, 1.165) is 37.9 Å². The first kappa shape index (κ1) is 10.2. The molecule has 16 heavy (non-hydrogen) atoms. The molecule has 5 nitrogen and oxygen atoms in total. The highest BCUT2D eigenvalue weighted by Crippen LogP contribution is 2.38. The molecule has 0 radical (unpaired) electrons. The quantitative estimate of drug-likeness (QED) is 0.824. The maximum absolute atomic E-state index is 5.36. The zero-order valence-electron chi connectivity index (χ0n) is 9.65. The molecule has 88 valence electrons. The second kappa shape index (κ2) is 4.14. The molecule has 2 fully saturated rings. The minimum absolute atomic E-state index is 0.252. The molecule has 1 aliphatic carbocycles. The number of nitrogens with one attached hydrogen (secondary N) is 1. The predicted molar refractivity (Wildman–Crippen MR) is 59.1 cm³/mol. The van der Waals surface area contributed by atoms with Gasteiger partial charge in [-0.1, -0.05) is 5.16 Å². The van der Waals surface area contributed by atoms with Crippen LogP contribution in [0.2, 0.25) is 0 Å². The molecule has 0 aromatic carbocycles. The predicted octanol–water partition coefficient (Wildman–Crippen LogP) is 0.913. The van der Waals surface area contributed by atoms with Gasteiger partial charge in [0.2, 0.25) is 5.89 Å². The summed E-state index contributed by atoms with van der Waals surface area (Å²) in [6.45, 7) is 6.36. The first-order chi connectivity index (χ1) is 7.84. The van der Waals surface area contributed by atoms with Gasteiger partial charge in [0.1, 0.15) is 0 Å². The van der Waals surface area contributed by atoms with Gasteiger partial charge in [-0.3, -0.25) is 4.90 Å². The Kier molecular flexibility index (Phi) is 2.65. The van der Waals surface area contributed by atoms with Crippen LogP contribution in [-0.4, -0.2) is 41.2 Å². The van der Waals surface area contributed by atoms with Crippen LogP contribution in [0.15, 0.2) is 4.52 Å². The van der Waals surface area contributed by atoms with Gasteiger partial charge in [0, 0.05) is 32.1 Å². The molecule has 1 saturated carbocycles. The van der Waals surface area contributed by atoms with Crippen molar-refractivity contribution < 1.29 is 4.52 Å². The molecule has 1 saturated heterocycles. The van der Waals surface area contributed by atoms with Crippen molar-refractivity contribution in [1.29, 1.82) is 0 Å². The standard InChI is InChI=1S/C11H18N4O/c1-8(15-6-4-12-5-7-15)11-13-10(14-16-11)9-2-3-9/h8-9,12H,2-7H2,1H3/t8-/m1/s1. The van der Waals surface area contributed by atoms with E-state index in [1.165, 1.54) is 12.8 Å². The number of piperazine rings is 1. The van der Waals surface area contributed by atoms with Crippen molar-refractivity contribution in [2.24, 2.45) is 0 Å². The van der Waals surface area contributed by atoms with Crippen molar-refractivity contribution in [3.8, 4) is 0 Å². The Hall–Kier alpha value is -0.940. The fourth-order valence-electron chi connectivity index (χ4n) is 2.15. The zero-order valence-corrected chi connectivity index (χ0v) is 9.65. The topological polar surface area (TPSA) is 54.2 Å². The van der Waals surface area contributed by atoms with E-state index in [9.17, 15) is 0 Å². The lowest BCUT2D eigenvalue weighted by Gasteiger charge is -2.30. The minimum atomic E-state index is 0.252. The maximum atomic E-state index is 5.36. The summed E-state index contributed by atoms with van der Waals surface area (Å²) < 4.78 is 5.36. The molecule has 1 aliphatic heterocycles. The first-order valence-corrected chi connectivity index (χ1v) is 6.13. The van der Waals surface area contributed by atoms with Gasteiger partial charge < -0.3 is 9.84 Å². The van der Waals surface area contributed by atoms with Crippen molar-refractivity contribution >= 4 is 0 Å². The lowest BCUT2D eigenvalue weighted by Crippen LogP contribution is -2.44. The molecule has 1 aromatic heterocycles. The van der Waals surface area contributed by atoms with Gasteiger partial charge in [0.05, 0.1) is 6.04 Å². The smallest absolute Gasteiger partial charge is 0.243 e. The molecule has 0 amide bonds. The Morgan fingerprint density at radius 3 is 2.81 bits per heavy atom. The highest BCUT2D eigenvalue weighted by atomic mass is 16.5. The van der Waals surface area contributed by atoms with Crippen LogP contribution >= 0.6 is 0 Å². The summed E-state index contributed by atoms with van der Waals surface area (Å²) in [5.74, 6) is 2.27. The van der Waals surface area contributed by atoms with Crippen LogP contribution < -0.4 is 5.32 Å². The van der Waals surface area contributed by atoms with Gasteiger partial charge in [-0.05, 0) is 19.8 Å². The minimum Gasteiger partial charge on any atom is -0.338 e. The molecule has 3 rings (SSSR count). The second-order valence-electron chi connectivity index (χ2n) is 4.73. The fourth-order valence-corrected chi connectivity index (χ4v) is 2.15. The Bertz CT molecular complexity index is 355. The summed E-state index contributed by atoms with van der Waals surface area (Å²) in [6, 6.07) is 0.252. The largest absolute Gasteiger partial charge is 0.338 e. The van der Waals surface area contributed by atoms with E-state index in [0.29, 0.717) is 5.92 Å². The Balaban J connectivity index is 1.69. The van der Waals surface area contributed by atoms with Gasteiger partial charge in [0.15, 0.2) is 5.82 Å². The number of aromatic nitrogens is 2. The summed E-state index contributed by atoms with van der Waals surface area (Å²) in [7, 11) is 0. The van der Waals surface area contributed by atoms with Crippen LogP contribution in [0.25, 0.3) is 0 Å². The third-order valence-electron chi connectivity index (χ3n) is 3.46. The van der Waals surface area contributed by atoms with Crippen molar-refractivity contribution in [2.45, 2.75) is 31.7 Å². The third kappa shape index (κ3) is 1.97. The SMILES string of the molecule is C[C@H](c1nc(C2CC2)no1)N1CCNCC1. The highest BCUT2D eigenvalue weighted by Gasteiger charge is 2.30. The van der Waals surface area contributed by atoms with E-state index in [2.05, 4.69) is 27.3 Å². The van der Waals surface area contributed by atoms with Crippen LogP contribution in [0.1, 0.15) is 43.4 Å². The van der Waals surface area contributed by atoms with Crippen LogP contribution in [0, 0.1) is 0 Å². The summed E-state index contributed by atoms with van der Waals surface area (Å²) in [5, 5.41) is 7.41. The van der Waals surface area contributed by atoms with Crippen LogP contribution in [0.3, 0.4) is 0 Å². The van der Waals surface area contributed by atoms with Crippen molar-refractivity contribution in [3.63, 3.8) is 0 Å². The number of nitrogens with zero attached hydrogens (tertiary/aromatic N) is 3. The molecule has 0 bridgehead atoms. The molecule has 1 aromatic rings. The van der Waals surface area contributed by atoms with E-state index in [1.54, 1.807) is 0 Å². The van der Waals surface area contributed by atoms with Gasteiger partial charge in [-0.25, -0.2) is 0 Å². The molecule has 2 aliphatic rings. The zero-order chi connectivity index (χ0) is 11.0. The highest BCUT2D eigenvalue weighted by molar-refractivity contribution is 5.04. The van der Waals surface area contributed by atoms with E-state index in [4.69, 9.17) is 4.52 Å². The van der Waals surface area contributed by atoms with Crippen LogP contribution in [-0.2, 0) is 0 Å². The average molecular weight is 222 g/mol. The summed E-state index contributed by atoms with van der Waals surface area (Å²) in [5.41, 5.74) is 0. The maximum Gasteiger partial charge on any atom is 0.243 e. The molecule has 0 unspecified atom stereocenters. The molecule has 5 heteroatoms. The van der Waals surface area contributed by atoms with E-state index in [1.807, 2.05) is 0 Å². The van der Waals surface area contributed by atoms with Gasteiger partial charge in [0.25, 0.3) is 0 Å². The molecule has 1 atom stereocenters. The molecule has 1 N–H and O–H groups in total. The second-order valence-corrected chi connectivity index (χ2v) is 4.73. The fraction of sp³-hybridized carbons (Fsp3) is 0.818. The van der Waals surface area contributed by atoms with Gasteiger partial charge in [-0.2, -0.15) is 4.98 Å². The van der Waals surface area contributed by atoms with E-state index in [-0.39, 0.29) is 6.04 Å². The molecule has 2 heterocycles. The van der Waals surface area contributed by atoms with Crippen LogP contribution in [0.5, 0.6) is 0 Å². The Morgan fingerprint density at radius 1 is 1.38 bits per heavy atom. The van der Waals surface area contributed by atoms with Crippen LogP contribution in [0.4, 0.5) is 0 Å². The van der Waals surface area contributed by atoms with Gasteiger partial charge >= 0.3 is 0 Å². The van der Waals surface area contributed by atoms with Gasteiger partial charge in [-0.15, -0.1) is 0 Å². The monoisotopic (exact) mass is 222 g/mol. The number of rotatable bonds is 3. The van der Waals surface area contributed by atoms with E-state index < -0.39 is 0 Å². The Labute approximate surface area is 95.2 Å². The summed E-state index contributed by atoms with van der Waals surface area (Å²) in [6.07, 6.45) is 2.45. The third-order valence-corrected chi connectivity index (χ3v) is 3.46. The van der Waals surface area contributed by atoms with Crippen molar-refractivity contribution in [3.05, 3.63) is 11.7 Å². The first-order valence-electron chi connectivity index (χ1n) is 6.13. The normalized spacial score (nSPS) is 24.6. The number of hydrogen-bond acceptors (Lipinski definition) is 5. The lowest BCUT2D eigenvalue weighted by molar-refractivity contribution is 0.154. The van der Waals surface area contributed by atoms with Crippen molar-refractivity contribution in [2.75, 3.05) is 26.2 Å². The van der Waals surface area contributed by atoms with Crippen molar-refractivity contribution in [1.82, 2.24) is 20.4 Å². The lowest BCUT2D eigenvalue weighted by atomic mass is 10.2. The number of hydrogen-bond donors (Lipinski definition) is 1. The summed E-state index contributed by atoms with van der Waals surface area (Å²) >= 11 is 0.